The van der Waals surface area contributed by atoms with Crippen molar-refractivity contribution in [1.29, 1.82) is 5.26 Å². The number of urea groups is 1. The monoisotopic (exact) mass is 465 g/mol. The molecule has 182 valence electrons. The highest BCUT2D eigenvalue weighted by molar-refractivity contribution is 6.30. The van der Waals surface area contributed by atoms with Crippen LogP contribution >= 0.6 is 0 Å². The molecule has 10 nitrogen and oxygen atoms in total. The molecule has 1 aliphatic carbocycles. The van der Waals surface area contributed by atoms with Gasteiger partial charge in [-0.2, -0.15) is 10.4 Å². The predicted molar refractivity (Wildman–Crippen MR) is 130 cm³/mol. The van der Waals surface area contributed by atoms with Crippen molar-refractivity contribution in [3.8, 4) is 6.07 Å². The van der Waals surface area contributed by atoms with Crippen molar-refractivity contribution in [2.45, 2.75) is 36.8 Å². The van der Waals surface area contributed by atoms with Crippen molar-refractivity contribution < 1.29 is 4.79 Å². The summed E-state index contributed by atoms with van der Waals surface area (Å²) in [5, 5.41) is 14.3. The Kier molecular flexibility index (Phi) is 5.84. The van der Waals surface area contributed by atoms with Gasteiger partial charge >= 0.3 is 6.03 Å². The molecule has 1 saturated carbocycles. The number of likely N-dealkylation sites (N-methyl/N-ethyl adjacent to an activating group) is 1. The Balaban J connectivity index is 1.32. The minimum absolute atomic E-state index is 0.107. The van der Waals surface area contributed by atoms with Gasteiger partial charge in [-0.1, -0.05) is 0 Å². The van der Waals surface area contributed by atoms with E-state index in [0.29, 0.717) is 12.5 Å². The van der Waals surface area contributed by atoms with Gasteiger partial charge in [0.1, 0.15) is 5.84 Å². The standard InChI is InChI=1S/C24H35N9O/c1-29(2)10-11-32-18-23(33(22(32)34)14-19-4-5-19)6-8-31(9-7-23)21-13-26-17-24(16-25,28-21)20-12-27-30(3)15-20/h12-13,15,19H,4-11,14,17-18H2,1-3H3. The summed E-state index contributed by atoms with van der Waals surface area (Å²) >= 11 is 0. The Morgan fingerprint density at radius 1 is 1.26 bits per heavy atom. The summed E-state index contributed by atoms with van der Waals surface area (Å²) in [6.45, 7) is 5.25. The number of aryl methyl sites for hydroxylation is 1. The highest BCUT2D eigenvalue weighted by Crippen LogP contribution is 2.40. The third-order valence-electron chi connectivity index (χ3n) is 7.73. The fourth-order valence-corrected chi connectivity index (χ4v) is 5.37. The van der Waals surface area contributed by atoms with Crippen LogP contribution in [0.5, 0.6) is 0 Å². The van der Waals surface area contributed by atoms with Crippen molar-refractivity contribution in [2.75, 3.05) is 59.9 Å². The number of likely N-dealkylation sites (tertiary alicyclic amines) is 1. The number of hydrogen-bond acceptors (Lipinski definition) is 7. The molecule has 3 aliphatic heterocycles. The van der Waals surface area contributed by atoms with Crippen LogP contribution in [0.15, 0.2) is 22.4 Å². The number of carbonyl (C=O) groups excluding carboxylic acids is 1. The molecule has 2 saturated heterocycles. The minimum Gasteiger partial charge on any atom is -0.355 e. The molecular formula is C24H35N9O. The third kappa shape index (κ3) is 4.17. The number of amidine groups is 1. The molecule has 1 unspecified atom stereocenters. The highest BCUT2D eigenvalue weighted by Gasteiger charge is 2.52. The first kappa shape index (κ1) is 22.8. The Morgan fingerprint density at radius 2 is 2.03 bits per heavy atom. The Hall–Kier alpha value is -2.93. The lowest BCUT2D eigenvalue weighted by Crippen LogP contribution is -2.56. The van der Waals surface area contributed by atoms with E-state index in [1.165, 1.54) is 12.8 Å². The smallest absolute Gasteiger partial charge is 0.320 e. The van der Waals surface area contributed by atoms with Gasteiger partial charge in [0.25, 0.3) is 0 Å². The van der Waals surface area contributed by atoms with E-state index in [-0.39, 0.29) is 11.6 Å². The van der Waals surface area contributed by atoms with Gasteiger partial charge < -0.3 is 19.6 Å². The largest absolute Gasteiger partial charge is 0.355 e. The second-order valence-corrected chi connectivity index (χ2v) is 10.6. The Morgan fingerprint density at radius 3 is 2.65 bits per heavy atom. The van der Waals surface area contributed by atoms with Gasteiger partial charge in [0.15, 0.2) is 5.54 Å². The van der Waals surface area contributed by atoms with Crippen LogP contribution in [0.1, 0.15) is 31.2 Å². The van der Waals surface area contributed by atoms with Gasteiger partial charge in [-0.25, -0.2) is 9.79 Å². The number of hydrogen-bond donors (Lipinski definition) is 0. The Bertz CT molecular complexity index is 1030. The van der Waals surface area contributed by atoms with Crippen LogP contribution in [0, 0.1) is 17.2 Å². The first-order valence-corrected chi connectivity index (χ1v) is 12.3. The van der Waals surface area contributed by atoms with Crippen LogP contribution in [-0.4, -0.2) is 113 Å². The number of piperidine rings is 1. The molecule has 1 spiro atoms. The molecule has 2 amide bonds. The minimum atomic E-state index is -1.03. The van der Waals surface area contributed by atoms with E-state index in [4.69, 9.17) is 4.99 Å². The zero-order valence-electron chi connectivity index (χ0n) is 20.5. The zero-order chi connectivity index (χ0) is 23.9. The summed E-state index contributed by atoms with van der Waals surface area (Å²) in [6.07, 6.45) is 9.64. The fourth-order valence-electron chi connectivity index (χ4n) is 5.37. The van der Waals surface area contributed by atoms with Gasteiger partial charge in [-0.05, 0) is 45.7 Å². The van der Waals surface area contributed by atoms with E-state index < -0.39 is 5.54 Å². The molecule has 1 aromatic rings. The van der Waals surface area contributed by atoms with Crippen LogP contribution in [-0.2, 0) is 12.6 Å². The molecular weight excluding hydrogens is 430 g/mol. The van der Waals surface area contributed by atoms with Crippen LogP contribution in [0.3, 0.4) is 0 Å². The predicted octanol–water partition coefficient (Wildman–Crippen LogP) is 1.17. The molecule has 34 heavy (non-hydrogen) atoms. The second-order valence-electron chi connectivity index (χ2n) is 10.6. The topological polar surface area (TPSA) is 96.4 Å². The molecule has 1 aromatic heterocycles. The summed E-state index contributed by atoms with van der Waals surface area (Å²) < 4.78 is 1.69. The van der Waals surface area contributed by atoms with E-state index in [2.05, 4.69) is 49.9 Å². The van der Waals surface area contributed by atoms with E-state index in [0.717, 1.165) is 63.5 Å². The molecule has 4 aliphatic rings. The van der Waals surface area contributed by atoms with E-state index in [9.17, 15) is 10.1 Å². The average Bonchev–Trinajstić information content (AvgIpc) is 3.50. The number of aliphatic imine (C=N–C) groups is 2. The lowest BCUT2D eigenvalue weighted by atomic mass is 9.86. The van der Waals surface area contributed by atoms with Crippen LogP contribution < -0.4 is 0 Å². The van der Waals surface area contributed by atoms with Gasteiger partial charge in [0.2, 0.25) is 0 Å². The summed E-state index contributed by atoms with van der Waals surface area (Å²) in [5.74, 6) is 1.42. The normalized spacial score (nSPS) is 26.5. The second kappa shape index (κ2) is 8.69. The molecule has 4 heterocycles. The lowest BCUT2D eigenvalue weighted by molar-refractivity contribution is 0.0968. The Labute approximate surface area is 201 Å². The number of carbonyl (C=O) groups is 1. The van der Waals surface area contributed by atoms with Gasteiger partial charge in [-0.3, -0.25) is 9.67 Å². The van der Waals surface area contributed by atoms with Crippen LogP contribution in [0.2, 0.25) is 0 Å². The zero-order valence-corrected chi connectivity index (χ0v) is 20.5. The van der Waals surface area contributed by atoms with Crippen LogP contribution in [0.4, 0.5) is 4.79 Å². The summed E-state index contributed by atoms with van der Waals surface area (Å²) in [6, 6.07) is 2.60. The number of aromatic nitrogens is 2. The number of nitrogens with zero attached hydrogens (tertiary/aromatic N) is 9. The van der Waals surface area contributed by atoms with E-state index >= 15 is 0 Å². The maximum atomic E-state index is 13.4. The average molecular weight is 466 g/mol. The molecule has 0 bridgehead atoms. The molecule has 3 fully saturated rings. The maximum absolute atomic E-state index is 13.4. The lowest BCUT2D eigenvalue weighted by Gasteiger charge is -2.45. The number of nitriles is 1. The molecule has 1 atom stereocenters. The van der Waals surface area contributed by atoms with Gasteiger partial charge in [-0.15, -0.1) is 0 Å². The van der Waals surface area contributed by atoms with E-state index in [1.807, 2.05) is 13.2 Å². The molecule has 0 radical (unpaired) electrons. The molecule has 0 N–H and O–H groups in total. The van der Waals surface area contributed by atoms with Gasteiger partial charge in [0, 0.05) is 58.1 Å². The van der Waals surface area contributed by atoms with Crippen LogP contribution in [0.25, 0.3) is 0 Å². The quantitative estimate of drug-likeness (QED) is 0.628. The summed E-state index contributed by atoms with van der Waals surface area (Å²) in [5.41, 5.74) is -0.365. The van der Waals surface area contributed by atoms with Crippen molar-refractivity contribution >= 4 is 18.1 Å². The van der Waals surface area contributed by atoms with Gasteiger partial charge in [0.05, 0.1) is 30.6 Å². The molecule has 5 rings (SSSR count). The first-order valence-electron chi connectivity index (χ1n) is 12.3. The summed E-state index contributed by atoms with van der Waals surface area (Å²) in [4.78, 5) is 31.4. The number of rotatable bonds is 6. The van der Waals surface area contributed by atoms with E-state index in [1.54, 1.807) is 17.1 Å². The maximum Gasteiger partial charge on any atom is 0.320 e. The van der Waals surface area contributed by atoms with Crippen molar-refractivity contribution in [1.82, 2.24) is 29.4 Å². The number of amides is 2. The van der Waals surface area contributed by atoms with Crippen molar-refractivity contribution in [3.05, 3.63) is 18.0 Å². The van der Waals surface area contributed by atoms with Crippen molar-refractivity contribution in [2.24, 2.45) is 23.0 Å². The molecule has 10 heteroatoms. The third-order valence-corrected chi connectivity index (χ3v) is 7.73. The molecule has 0 aromatic carbocycles. The first-order chi connectivity index (χ1) is 16.3. The SMILES string of the molecule is CN(C)CCN1CC2(CCN(C3=NC(C#N)(c4cnn(C)c4)CN=C3)CC2)N(CC2CC2)C1=O. The van der Waals surface area contributed by atoms with Crippen molar-refractivity contribution in [3.63, 3.8) is 0 Å². The highest BCUT2D eigenvalue weighted by atomic mass is 16.2. The fraction of sp³-hybridized carbons (Fsp3) is 0.708. The summed E-state index contributed by atoms with van der Waals surface area (Å²) in [7, 11) is 5.94.